The molecule has 1 amide bonds. The Morgan fingerprint density at radius 2 is 1.53 bits per heavy atom. The van der Waals surface area contributed by atoms with Crippen molar-refractivity contribution in [3.63, 3.8) is 0 Å². The Morgan fingerprint density at radius 1 is 0.967 bits per heavy atom. The van der Waals surface area contributed by atoms with Crippen molar-refractivity contribution < 1.29 is 19.1 Å². The van der Waals surface area contributed by atoms with Gasteiger partial charge in [-0.05, 0) is 84.8 Å². The monoisotopic (exact) mass is 413 g/mol. The molecule has 5 nitrogen and oxygen atoms in total. The second-order valence-corrected chi connectivity index (χ2v) is 10.9. The van der Waals surface area contributed by atoms with E-state index in [2.05, 4.69) is 26.1 Å². The zero-order chi connectivity index (χ0) is 21.4. The lowest BCUT2D eigenvalue weighted by atomic mass is 9.49. The molecule has 0 spiro atoms. The van der Waals surface area contributed by atoms with E-state index in [4.69, 9.17) is 9.47 Å². The number of hydrogen-bond acceptors (Lipinski definition) is 4. The Kier molecular flexibility index (Phi) is 5.82. The van der Waals surface area contributed by atoms with Crippen LogP contribution in [0.3, 0.4) is 0 Å². The third-order valence-electron chi connectivity index (χ3n) is 7.27. The summed E-state index contributed by atoms with van der Waals surface area (Å²) in [6.07, 6.45) is 7.93. The number of ether oxygens (including phenoxy) is 2. The summed E-state index contributed by atoms with van der Waals surface area (Å²) in [5.41, 5.74) is 1.56. The van der Waals surface area contributed by atoms with Gasteiger partial charge in [0.15, 0.2) is 13.2 Å². The standard InChI is InChI=1S/C25H35NO4/c1-24(2,3)20-4-6-21(7-5-20)29-15-23(28)30-14-22(27)26-16-25-11-17-8-18(12-25)10-19(9-17)13-25/h4-7,17-19H,8-16H2,1-3H3,(H,26,27). The zero-order valence-electron chi connectivity index (χ0n) is 18.5. The van der Waals surface area contributed by atoms with Crippen molar-refractivity contribution >= 4 is 11.9 Å². The Morgan fingerprint density at radius 3 is 2.07 bits per heavy atom. The predicted molar refractivity (Wildman–Crippen MR) is 115 cm³/mol. The first-order valence-corrected chi connectivity index (χ1v) is 11.4. The first kappa shape index (κ1) is 21.2. The molecule has 4 aliphatic rings. The number of esters is 1. The molecule has 0 unspecified atom stereocenters. The second-order valence-electron chi connectivity index (χ2n) is 10.9. The van der Waals surface area contributed by atoms with Gasteiger partial charge in [0.2, 0.25) is 0 Å². The summed E-state index contributed by atoms with van der Waals surface area (Å²) in [6, 6.07) is 7.70. The molecular formula is C25H35NO4. The molecule has 0 heterocycles. The lowest BCUT2D eigenvalue weighted by Gasteiger charge is -2.56. The minimum atomic E-state index is -0.528. The summed E-state index contributed by atoms with van der Waals surface area (Å²) >= 11 is 0. The van der Waals surface area contributed by atoms with Crippen LogP contribution in [0.25, 0.3) is 0 Å². The fourth-order valence-electron chi connectivity index (χ4n) is 6.22. The van der Waals surface area contributed by atoms with E-state index >= 15 is 0 Å². The van der Waals surface area contributed by atoms with Gasteiger partial charge in [0.25, 0.3) is 5.91 Å². The zero-order valence-corrected chi connectivity index (χ0v) is 18.5. The Bertz CT molecular complexity index is 742. The summed E-state index contributed by atoms with van der Waals surface area (Å²) in [4.78, 5) is 24.2. The van der Waals surface area contributed by atoms with E-state index in [9.17, 15) is 9.59 Å². The summed E-state index contributed by atoms with van der Waals surface area (Å²) in [5, 5.41) is 3.03. The van der Waals surface area contributed by atoms with Crippen molar-refractivity contribution in [2.75, 3.05) is 19.8 Å². The maximum absolute atomic E-state index is 12.2. The van der Waals surface area contributed by atoms with Crippen LogP contribution >= 0.6 is 0 Å². The molecule has 1 aromatic rings. The number of carbonyl (C=O) groups excluding carboxylic acids is 2. The van der Waals surface area contributed by atoms with Crippen molar-refractivity contribution in [3.05, 3.63) is 29.8 Å². The highest BCUT2D eigenvalue weighted by Crippen LogP contribution is 2.59. The predicted octanol–water partition coefficient (Wildman–Crippen LogP) is 4.24. The largest absolute Gasteiger partial charge is 0.482 e. The molecule has 5 heteroatoms. The molecule has 0 saturated heterocycles. The highest BCUT2D eigenvalue weighted by Gasteiger charge is 2.50. The SMILES string of the molecule is CC(C)(C)c1ccc(OCC(=O)OCC(=O)NCC23CC4CC(CC(C4)C2)C3)cc1. The van der Waals surface area contributed by atoms with Gasteiger partial charge in [-0.15, -0.1) is 0 Å². The van der Waals surface area contributed by atoms with Crippen molar-refractivity contribution in [2.24, 2.45) is 23.2 Å². The van der Waals surface area contributed by atoms with Crippen molar-refractivity contribution in [1.29, 1.82) is 0 Å². The molecule has 4 fully saturated rings. The molecule has 30 heavy (non-hydrogen) atoms. The average molecular weight is 414 g/mol. The number of nitrogens with one attached hydrogen (secondary N) is 1. The van der Waals surface area contributed by atoms with Gasteiger partial charge in [-0.25, -0.2) is 4.79 Å². The van der Waals surface area contributed by atoms with E-state index in [1.54, 1.807) is 0 Å². The summed E-state index contributed by atoms with van der Waals surface area (Å²) in [7, 11) is 0. The van der Waals surface area contributed by atoms with E-state index in [1.165, 1.54) is 44.1 Å². The summed E-state index contributed by atoms with van der Waals surface area (Å²) in [6.45, 7) is 6.73. The van der Waals surface area contributed by atoms with Crippen LogP contribution < -0.4 is 10.1 Å². The number of hydrogen-bond donors (Lipinski definition) is 1. The van der Waals surface area contributed by atoms with Crippen LogP contribution in [0.2, 0.25) is 0 Å². The van der Waals surface area contributed by atoms with Crippen LogP contribution in [0.1, 0.15) is 64.9 Å². The first-order valence-electron chi connectivity index (χ1n) is 11.4. The number of carbonyl (C=O) groups is 2. The smallest absolute Gasteiger partial charge is 0.344 e. The lowest BCUT2D eigenvalue weighted by molar-refractivity contribution is -0.150. The lowest BCUT2D eigenvalue weighted by Crippen LogP contribution is -2.51. The Labute approximate surface area is 179 Å². The fourth-order valence-corrected chi connectivity index (χ4v) is 6.22. The molecule has 4 saturated carbocycles. The van der Waals surface area contributed by atoms with Crippen molar-refractivity contribution in [1.82, 2.24) is 5.32 Å². The van der Waals surface area contributed by atoms with Gasteiger partial charge in [0.05, 0.1) is 0 Å². The molecule has 1 aromatic carbocycles. The Balaban J connectivity index is 1.16. The van der Waals surface area contributed by atoms with Crippen molar-refractivity contribution in [3.8, 4) is 5.75 Å². The molecule has 164 valence electrons. The van der Waals surface area contributed by atoms with Gasteiger partial charge in [-0.3, -0.25) is 4.79 Å². The minimum Gasteiger partial charge on any atom is -0.482 e. The second kappa shape index (κ2) is 8.24. The van der Waals surface area contributed by atoms with Gasteiger partial charge in [-0.1, -0.05) is 32.9 Å². The molecule has 5 rings (SSSR count). The molecular weight excluding hydrogens is 378 g/mol. The van der Waals surface area contributed by atoms with Gasteiger partial charge in [-0.2, -0.15) is 0 Å². The van der Waals surface area contributed by atoms with Crippen LogP contribution in [-0.4, -0.2) is 31.6 Å². The summed E-state index contributed by atoms with van der Waals surface area (Å²) in [5.74, 6) is 2.46. The topological polar surface area (TPSA) is 64.6 Å². The highest BCUT2D eigenvalue weighted by atomic mass is 16.6. The van der Waals surface area contributed by atoms with Crippen LogP contribution in [0, 0.1) is 23.2 Å². The Hall–Kier alpha value is -2.04. The molecule has 4 bridgehead atoms. The van der Waals surface area contributed by atoms with Gasteiger partial charge in [0.1, 0.15) is 5.75 Å². The van der Waals surface area contributed by atoms with Gasteiger partial charge in [0, 0.05) is 6.54 Å². The third kappa shape index (κ3) is 4.98. The first-order chi connectivity index (χ1) is 14.2. The highest BCUT2D eigenvalue weighted by molar-refractivity contribution is 5.80. The van der Waals surface area contributed by atoms with E-state index < -0.39 is 5.97 Å². The molecule has 0 atom stereocenters. The molecule has 0 aromatic heterocycles. The van der Waals surface area contributed by atoms with Crippen molar-refractivity contribution in [2.45, 2.75) is 64.7 Å². The number of rotatable bonds is 7. The van der Waals surface area contributed by atoms with Crippen LogP contribution in [0.5, 0.6) is 5.75 Å². The molecule has 4 aliphatic carbocycles. The normalized spacial score (nSPS) is 29.5. The van der Waals surface area contributed by atoms with E-state index in [1.807, 2.05) is 24.3 Å². The fraction of sp³-hybridized carbons (Fsp3) is 0.680. The maximum Gasteiger partial charge on any atom is 0.344 e. The minimum absolute atomic E-state index is 0.0704. The van der Waals surface area contributed by atoms with Crippen LogP contribution in [0.4, 0.5) is 0 Å². The number of benzene rings is 1. The quantitative estimate of drug-likeness (QED) is 0.679. The van der Waals surface area contributed by atoms with Crippen LogP contribution in [-0.2, 0) is 19.7 Å². The average Bonchev–Trinajstić information content (AvgIpc) is 2.68. The van der Waals surface area contributed by atoms with Crippen LogP contribution in [0.15, 0.2) is 24.3 Å². The summed E-state index contributed by atoms with van der Waals surface area (Å²) < 4.78 is 10.6. The van der Waals surface area contributed by atoms with E-state index in [0.29, 0.717) is 5.75 Å². The molecule has 1 N–H and O–H groups in total. The molecule has 0 aliphatic heterocycles. The number of amides is 1. The van der Waals surface area contributed by atoms with Gasteiger partial charge < -0.3 is 14.8 Å². The third-order valence-corrected chi connectivity index (χ3v) is 7.27. The molecule has 0 radical (unpaired) electrons. The maximum atomic E-state index is 12.2. The van der Waals surface area contributed by atoms with E-state index in [-0.39, 0.29) is 30.0 Å². The van der Waals surface area contributed by atoms with Gasteiger partial charge >= 0.3 is 5.97 Å². The van der Waals surface area contributed by atoms with E-state index in [0.717, 1.165) is 24.3 Å².